The number of sulfonamides is 2. The van der Waals surface area contributed by atoms with Crippen molar-refractivity contribution in [1.29, 1.82) is 0 Å². The third kappa shape index (κ3) is 4.65. The minimum atomic E-state index is -5.90. The Morgan fingerprint density at radius 2 is 1.76 bits per heavy atom. The normalized spacial score (nSPS) is 35.2. The summed E-state index contributed by atoms with van der Waals surface area (Å²) in [6, 6.07) is 0. The highest BCUT2D eigenvalue weighted by molar-refractivity contribution is 8.05. The monoisotopic (exact) mass is 407 g/mol. The minimum absolute atomic E-state index is 0.0622. The molecule has 3 rings (SSSR count). The average Bonchev–Trinajstić information content (AvgIpc) is 3.09. The summed E-state index contributed by atoms with van der Waals surface area (Å²) < 4.78 is 93.6. The maximum absolute atomic E-state index is 12.3. The van der Waals surface area contributed by atoms with Gasteiger partial charge >= 0.3 is 15.5 Å². The fourth-order valence-electron chi connectivity index (χ4n) is 3.86. The molecule has 5 unspecified atom stereocenters. The first-order valence-corrected chi connectivity index (χ1v) is 11.2. The second kappa shape index (κ2) is 6.63. The maximum atomic E-state index is 12.3. The van der Waals surface area contributed by atoms with Gasteiger partial charge in [-0.3, -0.25) is 0 Å². The van der Waals surface area contributed by atoms with Gasteiger partial charge in [-0.25, -0.2) is 16.8 Å². The molecule has 3 fully saturated rings. The van der Waals surface area contributed by atoms with Crippen LogP contribution in [-0.4, -0.2) is 53.5 Å². The first-order valence-electron chi connectivity index (χ1n) is 8.02. The van der Waals surface area contributed by atoms with E-state index < -0.39 is 31.3 Å². The number of rotatable bonds is 8. The first kappa shape index (κ1) is 19.3. The molecule has 5 atom stereocenters. The number of hydrogen-bond donors (Lipinski definition) is 1. The predicted molar refractivity (Wildman–Crippen MR) is 80.3 cm³/mol. The minimum Gasteiger partial charge on any atom is -0.375 e. The summed E-state index contributed by atoms with van der Waals surface area (Å²) in [6.45, 7) is 1.28. The Labute approximate surface area is 144 Å². The van der Waals surface area contributed by atoms with Gasteiger partial charge in [0.05, 0.1) is 25.1 Å². The first-order chi connectivity index (χ1) is 11.5. The Hall–Kier alpha value is -0.430. The highest BCUT2D eigenvalue weighted by Crippen LogP contribution is 2.51. The Morgan fingerprint density at radius 1 is 1.08 bits per heavy atom. The number of hydrogen-bond acceptors (Lipinski definition) is 6. The molecule has 0 spiro atoms. The van der Waals surface area contributed by atoms with Gasteiger partial charge in [0.15, 0.2) is 0 Å². The zero-order chi connectivity index (χ0) is 18.5. The second-order valence-electron chi connectivity index (χ2n) is 6.95. The Kier molecular flexibility index (Phi) is 5.12. The lowest BCUT2D eigenvalue weighted by Crippen LogP contribution is -2.41. The van der Waals surface area contributed by atoms with E-state index in [1.807, 2.05) is 0 Å². The highest BCUT2D eigenvalue weighted by atomic mass is 32.3. The van der Waals surface area contributed by atoms with Crippen molar-refractivity contribution in [2.45, 2.75) is 43.4 Å². The zero-order valence-electron chi connectivity index (χ0n) is 13.2. The maximum Gasteiger partial charge on any atom is 0.512 e. The number of ether oxygens (including phenoxy) is 2. The zero-order valence-corrected chi connectivity index (χ0v) is 14.9. The summed E-state index contributed by atoms with van der Waals surface area (Å²) in [4.78, 5) is 0. The van der Waals surface area contributed by atoms with E-state index in [2.05, 4.69) is 0 Å². The van der Waals surface area contributed by atoms with Crippen molar-refractivity contribution < 1.29 is 39.5 Å². The van der Waals surface area contributed by atoms with Gasteiger partial charge in [0, 0.05) is 0 Å². The molecule has 7 nitrogen and oxygen atoms in total. The van der Waals surface area contributed by atoms with Crippen LogP contribution in [0.25, 0.3) is 0 Å². The highest BCUT2D eigenvalue weighted by Gasteiger charge is 2.49. The summed E-state index contributed by atoms with van der Waals surface area (Å²) in [5.41, 5.74) is -5.65. The molecule has 2 bridgehead atoms. The van der Waals surface area contributed by atoms with E-state index in [9.17, 15) is 30.0 Å². The average molecular weight is 407 g/mol. The molecule has 1 aliphatic heterocycles. The Balaban J connectivity index is 1.47. The van der Waals surface area contributed by atoms with Crippen molar-refractivity contribution in [2.24, 2.45) is 17.8 Å². The quantitative estimate of drug-likeness (QED) is 0.602. The number of epoxide rings is 1. The van der Waals surface area contributed by atoms with Gasteiger partial charge in [-0.2, -0.15) is 13.2 Å². The fourth-order valence-corrected chi connectivity index (χ4v) is 6.52. The van der Waals surface area contributed by atoms with E-state index in [-0.39, 0.29) is 30.5 Å². The molecule has 146 valence electrons. The lowest BCUT2D eigenvalue weighted by Gasteiger charge is -2.28. The topological polar surface area (TPSA) is 102 Å². The van der Waals surface area contributed by atoms with Crippen molar-refractivity contribution in [3.63, 3.8) is 0 Å². The summed E-state index contributed by atoms with van der Waals surface area (Å²) >= 11 is 0. The molecule has 2 saturated carbocycles. The van der Waals surface area contributed by atoms with Gasteiger partial charge in [0.2, 0.25) is 10.0 Å². The van der Waals surface area contributed by atoms with Crippen LogP contribution in [0.1, 0.15) is 25.7 Å². The van der Waals surface area contributed by atoms with Crippen LogP contribution < -0.4 is 4.13 Å². The lowest BCUT2D eigenvalue weighted by atomic mass is 9.85. The Bertz CT molecular complexity index is 704. The van der Waals surface area contributed by atoms with E-state index in [0.717, 1.165) is 30.0 Å². The lowest BCUT2D eigenvalue weighted by molar-refractivity contribution is -0.0441. The molecule has 0 aromatic rings. The molecule has 0 aromatic carbocycles. The van der Waals surface area contributed by atoms with E-state index in [1.165, 1.54) is 0 Å². The molecular formula is C13H20F3NO6S2. The van der Waals surface area contributed by atoms with E-state index >= 15 is 0 Å². The largest absolute Gasteiger partial charge is 0.512 e. The van der Waals surface area contributed by atoms with Crippen LogP contribution in [0, 0.1) is 17.8 Å². The summed E-state index contributed by atoms with van der Waals surface area (Å²) in [5.74, 6) is 0.0116. The molecule has 1 heterocycles. The predicted octanol–water partition coefficient (Wildman–Crippen LogP) is 0.976. The number of halogens is 3. The van der Waals surface area contributed by atoms with E-state index in [4.69, 9.17) is 9.47 Å². The molecule has 3 aliphatic rings. The summed E-state index contributed by atoms with van der Waals surface area (Å²) in [7, 11) is -10.5. The molecular weight excluding hydrogens is 387 g/mol. The molecule has 0 aromatic heterocycles. The van der Waals surface area contributed by atoms with Crippen LogP contribution in [-0.2, 0) is 29.5 Å². The fraction of sp³-hybridized carbons (Fsp3) is 1.00. The van der Waals surface area contributed by atoms with Crippen molar-refractivity contribution in [3.05, 3.63) is 0 Å². The summed E-state index contributed by atoms with van der Waals surface area (Å²) in [6.07, 6.45) is 2.92. The summed E-state index contributed by atoms with van der Waals surface area (Å²) in [5, 5.41) is 0. The number of alkyl halides is 3. The van der Waals surface area contributed by atoms with Gasteiger partial charge in [-0.15, -0.1) is 4.13 Å². The van der Waals surface area contributed by atoms with Crippen LogP contribution in [0.5, 0.6) is 0 Å². The van der Waals surface area contributed by atoms with E-state index in [1.54, 1.807) is 0 Å². The van der Waals surface area contributed by atoms with Gasteiger partial charge in [-0.05, 0) is 43.4 Å². The van der Waals surface area contributed by atoms with Crippen LogP contribution in [0.3, 0.4) is 0 Å². The van der Waals surface area contributed by atoms with E-state index in [0.29, 0.717) is 12.5 Å². The SMILES string of the molecule is O=S(=O)(CCC1CC2CC1CC2OCC1CO1)NS(=O)(=O)C(F)(F)F. The van der Waals surface area contributed by atoms with Gasteiger partial charge in [0.1, 0.15) is 6.10 Å². The molecule has 25 heavy (non-hydrogen) atoms. The molecule has 1 N–H and O–H groups in total. The van der Waals surface area contributed by atoms with Crippen LogP contribution in [0.4, 0.5) is 13.2 Å². The number of nitrogens with one attached hydrogen (secondary N) is 1. The standard InChI is InChI=1S/C13H20F3NO6S2/c14-13(15,16)25(20,21)17-24(18,19)2-1-8-3-10-4-9(8)5-12(10)23-7-11-6-22-11/h8-12,17H,1-7H2. The van der Waals surface area contributed by atoms with Crippen molar-refractivity contribution >= 4 is 20.0 Å². The van der Waals surface area contributed by atoms with Crippen LogP contribution in [0.15, 0.2) is 0 Å². The van der Waals surface area contributed by atoms with Crippen LogP contribution in [0.2, 0.25) is 0 Å². The smallest absolute Gasteiger partial charge is 0.375 e. The third-order valence-corrected chi connectivity index (χ3v) is 8.41. The van der Waals surface area contributed by atoms with Gasteiger partial charge < -0.3 is 9.47 Å². The third-order valence-electron chi connectivity index (χ3n) is 5.14. The van der Waals surface area contributed by atoms with Crippen molar-refractivity contribution in [1.82, 2.24) is 4.13 Å². The van der Waals surface area contributed by atoms with Crippen molar-refractivity contribution in [2.75, 3.05) is 19.0 Å². The molecule has 1 saturated heterocycles. The van der Waals surface area contributed by atoms with Crippen molar-refractivity contribution in [3.8, 4) is 0 Å². The molecule has 0 amide bonds. The molecule has 0 radical (unpaired) electrons. The molecule has 2 aliphatic carbocycles. The van der Waals surface area contributed by atoms with Gasteiger partial charge in [-0.1, -0.05) is 0 Å². The van der Waals surface area contributed by atoms with Gasteiger partial charge in [0.25, 0.3) is 0 Å². The number of fused-ring (bicyclic) bond motifs is 2. The second-order valence-corrected chi connectivity index (χ2v) is 10.7. The molecule has 12 heteroatoms. The Morgan fingerprint density at radius 3 is 2.28 bits per heavy atom. The van der Waals surface area contributed by atoms with Crippen LogP contribution >= 0.6 is 0 Å².